The molecule has 0 saturated carbocycles. The second-order valence-corrected chi connectivity index (χ2v) is 6.73. The van der Waals surface area contributed by atoms with Crippen molar-refractivity contribution in [2.24, 2.45) is 0 Å². The molecule has 0 aliphatic heterocycles. The molecule has 1 N–H and O–H groups in total. The van der Waals surface area contributed by atoms with Crippen LogP contribution in [-0.4, -0.2) is 36.9 Å². The molecule has 1 aromatic carbocycles. The van der Waals surface area contributed by atoms with Gasteiger partial charge in [0.2, 0.25) is 5.75 Å². The summed E-state index contributed by atoms with van der Waals surface area (Å²) in [7, 11) is 0. The van der Waals surface area contributed by atoms with E-state index in [0.29, 0.717) is 24.5 Å². The molecule has 1 amide bonds. The number of nitrogens with zero attached hydrogens (tertiary/aromatic N) is 5. The van der Waals surface area contributed by atoms with Crippen LogP contribution >= 0.6 is 11.6 Å². The number of rotatable bonds is 9. The third-order valence-electron chi connectivity index (χ3n) is 4.08. The lowest BCUT2D eigenvalue weighted by molar-refractivity contribution is -0.386. The Hall–Kier alpha value is -3.47. The second kappa shape index (κ2) is 9.35. The average Bonchev–Trinajstić information content (AvgIpc) is 3.30. The zero-order chi connectivity index (χ0) is 21.7. The van der Waals surface area contributed by atoms with Crippen molar-refractivity contribution in [3.05, 3.63) is 69.0 Å². The highest BCUT2D eigenvalue weighted by molar-refractivity contribution is 6.31. The first kappa shape index (κ1) is 21.2. The van der Waals surface area contributed by atoms with Crippen LogP contribution in [0.1, 0.15) is 22.6 Å². The van der Waals surface area contributed by atoms with Crippen molar-refractivity contribution in [2.45, 2.75) is 26.6 Å². The monoisotopic (exact) mass is 436 g/mol. The molecule has 2 aromatic heterocycles. The quantitative estimate of drug-likeness (QED) is 0.313. The van der Waals surface area contributed by atoms with Crippen LogP contribution in [0.4, 0.5) is 10.1 Å². The van der Waals surface area contributed by atoms with Gasteiger partial charge in [0.25, 0.3) is 5.91 Å². The number of nitro groups is 1. The molecule has 0 spiro atoms. The molecule has 0 saturated heterocycles. The molecule has 158 valence electrons. The molecule has 30 heavy (non-hydrogen) atoms. The summed E-state index contributed by atoms with van der Waals surface area (Å²) in [6, 6.07) is 4.40. The molecule has 0 bridgehead atoms. The minimum Gasteiger partial charge on any atom is -0.464 e. The van der Waals surface area contributed by atoms with Crippen molar-refractivity contribution in [1.82, 2.24) is 24.9 Å². The van der Waals surface area contributed by atoms with Crippen LogP contribution < -0.4 is 10.1 Å². The summed E-state index contributed by atoms with van der Waals surface area (Å²) >= 11 is 5.95. The van der Waals surface area contributed by atoms with Gasteiger partial charge in [-0.25, -0.2) is 9.07 Å². The van der Waals surface area contributed by atoms with E-state index < -0.39 is 10.7 Å². The topological polar surface area (TPSA) is 117 Å². The molecule has 0 radical (unpaired) electrons. The average molecular weight is 437 g/mol. The van der Waals surface area contributed by atoms with E-state index >= 15 is 0 Å². The number of benzene rings is 1. The SMILES string of the molecule is Cc1nn(CCCNC(=O)c2ccn(COc3cc(F)ccc3[N+](=O)[O-])n2)cc1Cl. The predicted molar refractivity (Wildman–Crippen MR) is 105 cm³/mol. The predicted octanol–water partition coefficient (Wildman–Crippen LogP) is 2.95. The molecule has 3 rings (SSSR count). The minimum absolute atomic E-state index is 0.158. The normalized spacial score (nSPS) is 10.8. The molecule has 0 fully saturated rings. The molecule has 12 heteroatoms. The van der Waals surface area contributed by atoms with Gasteiger partial charge < -0.3 is 10.1 Å². The Kier molecular flexibility index (Phi) is 6.62. The van der Waals surface area contributed by atoms with Crippen molar-refractivity contribution in [1.29, 1.82) is 0 Å². The van der Waals surface area contributed by atoms with Gasteiger partial charge in [-0.2, -0.15) is 10.2 Å². The van der Waals surface area contributed by atoms with E-state index in [1.54, 1.807) is 10.9 Å². The summed E-state index contributed by atoms with van der Waals surface area (Å²) in [6.07, 6.45) is 3.86. The Morgan fingerprint density at radius 3 is 2.83 bits per heavy atom. The maximum atomic E-state index is 13.3. The molecule has 3 aromatic rings. The summed E-state index contributed by atoms with van der Waals surface area (Å²) in [5.41, 5.74) is 0.539. The van der Waals surface area contributed by atoms with Gasteiger partial charge in [0, 0.05) is 37.6 Å². The highest BCUT2D eigenvalue weighted by Gasteiger charge is 2.16. The van der Waals surface area contributed by atoms with Crippen LogP contribution in [0.5, 0.6) is 5.75 Å². The largest absolute Gasteiger partial charge is 0.464 e. The maximum Gasteiger partial charge on any atom is 0.311 e. The summed E-state index contributed by atoms with van der Waals surface area (Å²) in [4.78, 5) is 22.5. The van der Waals surface area contributed by atoms with Crippen molar-refractivity contribution in [2.75, 3.05) is 6.54 Å². The van der Waals surface area contributed by atoms with E-state index in [2.05, 4.69) is 15.5 Å². The van der Waals surface area contributed by atoms with Crippen LogP contribution in [-0.2, 0) is 13.3 Å². The first-order chi connectivity index (χ1) is 14.3. The summed E-state index contributed by atoms with van der Waals surface area (Å²) in [5, 5.41) is 22.6. The summed E-state index contributed by atoms with van der Waals surface area (Å²) in [6.45, 7) is 2.60. The van der Waals surface area contributed by atoms with Crippen molar-refractivity contribution >= 4 is 23.2 Å². The van der Waals surface area contributed by atoms with Gasteiger partial charge in [-0.05, 0) is 25.5 Å². The number of nitro benzene ring substituents is 1. The second-order valence-electron chi connectivity index (χ2n) is 6.32. The molecule has 0 aliphatic rings. The van der Waals surface area contributed by atoms with Crippen molar-refractivity contribution in [3.8, 4) is 5.75 Å². The molecule has 0 aliphatic carbocycles. The number of amides is 1. The van der Waals surface area contributed by atoms with Crippen LogP contribution in [0.15, 0.2) is 36.7 Å². The molecule has 10 nitrogen and oxygen atoms in total. The van der Waals surface area contributed by atoms with Gasteiger partial charge in [-0.15, -0.1) is 0 Å². The standard InChI is InChI=1S/C18H18ClFN6O4/c1-12-14(19)10-24(22-12)7-2-6-21-18(27)15-5-8-25(23-15)11-30-17-9-13(20)3-4-16(17)26(28)29/h3-5,8-10H,2,6-7,11H2,1H3,(H,21,27). The molecule has 2 heterocycles. The van der Waals surface area contributed by atoms with E-state index in [4.69, 9.17) is 16.3 Å². The van der Waals surface area contributed by atoms with E-state index in [1.807, 2.05) is 6.92 Å². The van der Waals surface area contributed by atoms with Crippen LogP contribution in [0.2, 0.25) is 5.02 Å². The Morgan fingerprint density at radius 1 is 1.33 bits per heavy atom. The Labute approximate surface area is 175 Å². The van der Waals surface area contributed by atoms with E-state index in [0.717, 1.165) is 23.9 Å². The van der Waals surface area contributed by atoms with E-state index in [9.17, 15) is 19.3 Å². The fraction of sp³-hybridized carbons (Fsp3) is 0.278. The van der Waals surface area contributed by atoms with Crippen LogP contribution in [0.25, 0.3) is 0 Å². The Bertz CT molecular complexity index is 1050. The molecular weight excluding hydrogens is 419 g/mol. The number of aromatic nitrogens is 4. The number of carbonyl (C=O) groups is 1. The first-order valence-corrected chi connectivity index (χ1v) is 9.29. The van der Waals surface area contributed by atoms with Gasteiger partial charge in [0.1, 0.15) is 11.5 Å². The number of ether oxygens (including phenoxy) is 1. The van der Waals surface area contributed by atoms with E-state index in [-0.39, 0.29) is 29.8 Å². The Balaban J connectivity index is 1.49. The zero-order valence-corrected chi connectivity index (χ0v) is 16.7. The maximum absolute atomic E-state index is 13.3. The lowest BCUT2D eigenvalue weighted by atomic mass is 10.3. The van der Waals surface area contributed by atoms with Gasteiger partial charge in [-0.3, -0.25) is 19.6 Å². The summed E-state index contributed by atoms with van der Waals surface area (Å²) in [5.74, 6) is -1.26. The van der Waals surface area contributed by atoms with Gasteiger partial charge in [0.15, 0.2) is 6.73 Å². The van der Waals surface area contributed by atoms with Gasteiger partial charge >= 0.3 is 5.69 Å². The molecule has 0 unspecified atom stereocenters. The third kappa shape index (κ3) is 5.32. The highest BCUT2D eigenvalue weighted by Crippen LogP contribution is 2.27. The zero-order valence-electron chi connectivity index (χ0n) is 15.9. The van der Waals surface area contributed by atoms with Crippen LogP contribution in [0, 0.1) is 22.9 Å². The highest BCUT2D eigenvalue weighted by atomic mass is 35.5. The number of aryl methyl sites for hydroxylation is 2. The molecular formula is C18H18ClFN6O4. The van der Waals surface area contributed by atoms with Gasteiger partial charge in [-0.1, -0.05) is 11.6 Å². The number of nitrogens with one attached hydrogen (secondary N) is 1. The van der Waals surface area contributed by atoms with Gasteiger partial charge in [0.05, 0.1) is 15.6 Å². The fourth-order valence-corrected chi connectivity index (χ4v) is 2.74. The van der Waals surface area contributed by atoms with Crippen molar-refractivity contribution in [3.63, 3.8) is 0 Å². The van der Waals surface area contributed by atoms with Crippen molar-refractivity contribution < 1.29 is 18.8 Å². The number of carbonyl (C=O) groups excluding carboxylic acids is 1. The third-order valence-corrected chi connectivity index (χ3v) is 4.45. The molecule has 0 atom stereocenters. The fourth-order valence-electron chi connectivity index (χ4n) is 2.59. The van der Waals surface area contributed by atoms with Crippen LogP contribution in [0.3, 0.4) is 0 Å². The summed E-state index contributed by atoms with van der Waals surface area (Å²) < 4.78 is 21.6. The smallest absolute Gasteiger partial charge is 0.311 e. The lowest BCUT2D eigenvalue weighted by Gasteiger charge is -2.07. The number of hydrogen-bond donors (Lipinski definition) is 1. The Morgan fingerprint density at radius 2 is 2.13 bits per heavy atom. The first-order valence-electron chi connectivity index (χ1n) is 8.91. The minimum atomic E-state index is -0.671. The lowest BCUT2D eigenvalue weighted by Crippen LogP contribution is -2.26. The number of hydrogen-bond acceptors (Lipinski definition) is 6. The number of halogens is 2. The van der Waals surface area contributed by atoms with E-state index in [1.165, 1.54) is 16.9 Å².